The maximum Gasteiger partial charge on any atom is 0.277 e. The molecule has 1 amide bonds. The van der Waals surface area contributed by atoms with Gasteiger partial charge in [-0.3, -0.25) is 14.8 Å². The van der Waals surface area contributed by atoms with E-state index in [4.69, 9.17) is 23.2 Å². The van der Waals surface area contributed by atoms with Gasteiger partial charge in [0.15, 0.2) is 0 Å². The number of carbonyl (C=O) groups is 1. The molecular weight excluding hydrogens is 424 g/mol. The maximum absolute atomic E-state index is 13.5. The number of para-hydroxylation sites is 1. The lowest BCUT2D eigenvalue weighted by molar-refractivity contribution is 0.0989. The second-order valence-corrected chi connectivity index (χ2v) is 7.79. The summed E-state index contributed by atoms with van der Waals surface area (Å²) in [5.41, 5.74) is 3.81. The summed E-state index contributed by atoms with van der Waals surface area (Å²) in [6, 6.07) is 20.1. The molecule has 1 aliphatic rings. The van der Waals surface area contributed by atoms with Crippen LogP contribution in [0.3, 0.4) is 0 Å². The summed E-state index contributed by atoms with van der Waals surface area (Å²) < 4.78 is 13.5. The Balaban J connectivity index is 1.75. The van der Waals surface area contributed by atoms with E-state index in [1.165, 1.54) is 12.1 Å². The number of aromatic nitrogens is 2. The van der Waals surface area contributed by atoms with E-state index in [-0.39, 0.29) is 11.7 Å². The van der Waals surface area contributed by atoms with Crippen molar-refractivity contribution in [3.8, 4) is 11.3 Å². The summed E-state index contributed by atoms with van der Waals surface area (Å²) in [6.45, 7) is 0. The number of hydrogen-bond acceptors (Lipinski definition) is 2. The highest BCUT2D eigenvalue weighted by Crippen LogP contribution is 2.46. The molecule has 2 heterocycles. The summed E-state index contributed by atoms with van der Waals surface area (Å²) in [4.78, 5) is 15.1. The quantitative estimate of drug-likeness (QED) is 0.410. The van der Waals surface area contributed by atoms with Crippen LogP contribution in [0, 0.1) is 5.82 Å². The molecule has 0 fully saturated rings. The number of aromatic amines is 1. The van der Waals surface area contributed by atoms with Crippen molar-refractivity contribution in [2.45, 2.75) is 6.04 Å². The molecule has 4 nitrogen and oxygen atoms in total. The van der Waals surface area contributed by atoms with Gasteiger partial charge in [0.25, 0.3) is 5.91 Å². The minimum atomic E-state index is -0.515. The van der Waals surface area contributed by atoms with Crippen molar-refractivity contribution in [3.05, 3.63) is 105 Å². The van der Waals surface area contributed by atoms with Crippen molar-refractivity contribution in [1.29, 1.82) is 0 Å². The lowest BCUT2D eigenvalue weighted by atomic mass is 9.95. The Hall–Kier alpha value is -3.15. The van der Waals surface area contributed by atoms with E-state index in [9.17, 15) is 9.18 Å². The minimum Gasteiger partial charge on any atom is -0.295 e. The van der Waals surface area contributed by atoms with Crippen LogP contribution in [-0.4, -0.2) is 16.1 Å². The van der Waals surface area contributed by atoms with Gasteiger partial charge in [-0.1, -0.05) is 47.5 Å². The Labute approximate surface area is 181 Å². The minimum absolute atomic E-state index is 0.215. The lowest BCUT2D eigenvalue weighted by Crippen LogP contribution is -2.29. The van der Waals surface area contributed by atoms with Crippen LogP contribution in [0.15, 0.2) is 72.8 Å². The van der Waals surface area contributed by atoms with Gasteiger partial charge in [0.05, 0.1) is 11.7 Å². The highest BCUT2D eigenvalue weighted by atomic mass is 35.5. The summed E-state index contributed by atoms with van der Waals surface area (Å²) in [7, 11) is 0. The molecule has 0 bridgehead atoms. The third-order valence-electron chi connectivity index (χ3n) is 5.18. The normalized spacial score (nSPS) is 15.5. The van der Waals surface area contributed by atoms with Gasteiger partial charge in [-0.25, -0.2) is 4.39 Å². The van der Waals surface area contributed by atoms with Crippen LogP contribution in [0.1, 0.15) is 27.7 Å². The van der Waals surface area contributed by atoms with Crippen molar-refractivity contribution in [1.82, 2.24) is 10.2 Å². The first-order valence-corrected chi connectivity index (χ1v) is 9.98. The first-order valence-electron chi connectivity index (χ1n) is 9.22. The summed E-state index contributed by atoms with van der Waals surface area (Å²) >= 11 is 12.7. The SMILES string of the molecule is O=C1c2[nH]nc(-c3ccc(F)cc3)c2[C@@H](c2ccc(Cl)cc2Cl)N1c1ccccc1. The zero-order valence-electron chi connectivity index (χ0n) is 15.4. The number of carbonyl (C=O) groups excluding carboxylic acids is 1. The molecule has 5 rings (SSSR count). The van der Waals surface area contributed by atoms with Crippen LogP contribution in [0.2, 0.25) is 10.0 Å². The molecule has 0 spiro atoms. The predicted octanol–water partition coefficient (Wildman–Crippen LogP) is 6.27. The van der Waals surface area contributed by atoms with Crippen molar-refractivity contribution in [3.63, 3.8) is 0 Å². The molecule has 1 aliphatic heterocycles. The van der Waals surface area contributed by atoms with Crippen LogP contribution < -0.4 is 4.90 Å². The number of anilines is 1. The highest BCUT2D eigenvalue weighted by Gasteiger charge is 2.43. The van der Waals surface area contributed by atoms with Crippen LogP contribution in [0.5, 0.6) is 0 Å². The largest absolute Gasteiger partial charge is 0.295 e. The fourth-order valence-electron chi connectivity index (χ4n) is 3.85. The third kappa shape index (κ3) is 2.98. The molecule has 148 valence electrons. The zero-order chi connectivity index (χ0) is 20.8. The molecule has 7 heteroatoms. The second kappa shape index (κ2) is 7.27. The Bertz CT molecular complexity index is 1260. The molecule has 0 aliphatic carbocycles. The number of fused-ring (bicyclic) bond motifs is 1. The average Bonchev–Trinajstić information content (AvgIpc) is 3.29. The van der Waals surface area contributed by atoms with E-state index < -0.39 is 6.04 Å². The number of hydrogen-bond donors (Lipinski definition) is 1. The Kier molecular flexibility index (Phi) is 4.57. The number of nitrogens with one attached hydrogen (secondary N) is 1. The van der Waals surface area contributed by atoms with E-state index in [2.05, 4.69) is 10.2 Å². The smallest absolute Gasteiger partial charge is 0.277 e. The Morgan fingerprint density at radius 2 is 1.70 bits per heavy atom. The molecule has 0 saturated heterocycles. The molecule has 3 aromatic carbocycles. The van der Waals surface area contributed by atoms with Crippen molar-refractivity contribution in [2.75, 3.05) is 4.90 Å². The molecule has 4 aromatic rings. The Morgan fingerprint density at radius 1 is 0.967 bits per heavy atom. The standard InChI is InChI=1S/C23H14Cl2FN3O/c24-14-8-11-17(18(25)12-14)22-19-20(13-6-9-15(26)10-7-13)27-28-21(19)23(30)29(22)16-4-2-1-3-5-16/h1-12,22H,(H,27,28)/t22-/m1/s1. The predicted molar refractivity (Wildman–Crippen MR) is 116 cm³/mol. The van der Waals surface area contributed by atoms with Gasteiger partial charge in [0, 0.05) is 26.9 Å². The number of nitrogens with zero attached hydrogens (tertiary/aromatic N) is 2. The topological polar surface area (TPSA) is 49.0 Å². The van der Waals surface area contributed by atoms with E-state index >= 15 is 0 Å². The fraction of sp³-hybridized carbons (Fsp3) is 0.0435. The molecule has 30 heavy (non-hydrogen) atoms. The number of halogens is 3. The number of benzene rings is 3. The van der Waals surface area contributed by atoms with Gasteiger partial charge in [0.1, 0.15) is 11.5 Å². The number of H-pyrrole nitrogens is 1. The van der Waals surface area contributed by atoms with Crippen LogP contribution >= 0.6 is 23.2 Å². The van der Waals surface area contributed by atoms with Gasteiger partial charge < -0.3 is 0 Å². The lowest BCUT2D eigenvalue weighted by Gasteiger charge is -2.27. The first-order chi connectivity index (χ1) is 14.5. The zero-order valence-corrected chi connectivity index (χ0v) is 17.0. The molecule has 0 saturated carbocycles. The monoisotopic (exact) mass is 437 g/mol. The van der Waals surface area contributed by atoms with E-state index in [0.717, 1.165) is 11.3 Å². The number of rotatable bonds is 3. The maximum atomic E-state index is 13.5. The van der Waals surface area contributed by atoms with Gasteiger partial charge >= 0.3 is 0 Å². The second-order valence-electron chi connectivity index (χ2n) is 6.95. The van der Waals surface area contributed by atoms with E-state index in [0.29, 0.717) is 32.6 Å². The van der Waals surface area contributed by atoms with Crippen LogP contribution in [0.25, 0.3) is 11.3 Å². The molecule has 0 unspecified atom stereocenters. The molecular formula is C23H14Cl2FN3O. The van der Waals surface area contributed by atoms with Gasteiger partial charge in [0.2, 0.25) is 0 Å². The van der Waals surface area contributed by atoms with Crippen molar-refractivity contribution >= 4 is 34.8 Å². The van der Waals surface area contributed by atoms with Crippen LogP contribution in [-0.2, 0) is 0 Å². The summed E-state index contributed by atoms with van der Waals surface area (Å²) in [6.07, 6.45) is 0. The summed E-state index contributed by atoms with van der Waals surface area (Å²) in [5.74, 6) is -0.557. The Morgan fingerprint density at radius 3 is 2.40 bits per heavy atom. The van der Waals surface area contributed by atoms with Crippen LogP contribution in [0.4, 0.5) is 10.1 Å². The summed E-state index contributed by atoms with van der Waals surface area (Å²) in [5, 5.41) is 8.20. The van der Waals surface area contributed by atoms with E-state index in [1.807, 2.05) is 36.4 Å². The number of amides is 1. The molecule has 0 radical (unpaired) electrons. The fourth-order valence-corrected chi connectivity index (χ4v) is 4.36. The molecule has 1 aromatic heterocycles. The van der Waals surface area contributed by atoms with Gasteiger partial charge in [-0.15, -0.1) is 0 Å². The van der Waals surface area contributed by atoms with Crippen molar-refractivity contribution < 1.29 is 9.18 Å². The van der Waals surface area contributed by atoms with E-state index in [1.54, 1.807) is 29.2 Å². The third-order valence-corrected chi connectivity index (χ3v) is 5.74. The average molecular weight is 438 g/mol. The van der Waals surface area contributed by atoms with Crippen molar-refractivity contribution in [2.24, 2.45) is 0 Å². The first kappa shape index (κ1) is 18.9. The molecule has 1 N–H and O–H groups in total. The molecule has 1 atom stereocenters. The van der Waals surface area contributed by atoms with Gasteiger partial charge in [-0.05, 0) is 54.1 Å². The van der Waals surface area contributed by atoms with Gasteiger partial charge in [-0.2, -0.15) is 5.10 Å². The highest BCUT2D eigenvalue weighted by molar-refractivity contribution is 6.35.